The Morgan fingerprint density at radius 3 is 2.61 bits per heavy atom. The zero-order chi connectivity index (χ0) is 20.5. The van der Waals surface area contributed by atoms with E-state index < -0.39 is 6.61 Å². The zero-order valence-corrected chi connectivity index (χ0v) is 17.3. The Balaban J connectivity index is 1.94. The van der Waals surface area contributed by atoms with Gasteiger partial charge in [0.25, 0.3) is 0 Å². The van der Waals surface area contributed by atoms with Crippen molar-refractivity contribution < 1.29 is 18.3 Å². The Morgan fingerprint density at radius 1 is 1.29 bits per heavy atom. The SMILES string of the molecule is CN=C(NCc1cc(Cl)ccc1OC(F)F)NCC(C(C)C)N1CCOCC1. The van der Waals surface area contributed by atoms with Crippen molar-refractivity contribution >= 4 is 17.6 Å². The Labute approximate surface area is 170 Å². The van der Waals surface area contributed by atoms with E-state index in [9.17, 15) is 8.78 Å². The highest BCUT2D eigenvalue weighted by Crippen LogP contribution is 2.24. The molecule has 1 aromatic rings. The van der Waals surface area contributed by atoms with E-state index in [1.807, 2.05) is 0 Å². The number of guanidine groups is 1. The monoisotopic (exact) mass is 418 g/mol. The third-order valence-corrected chi connectivity index (χ3v) is 4.91. The Kier molecular flexibility index (Phi) is 9.21. The van der Waals surface area contributed by atoms with Gasteiger partial charge in [0.05, 0.1) is 13.2 Å². The lowest BCUT2D eigenvalue weighted by Crippen LogP contribution is -2.52. The molecule has 1 fully saturated rings. The van der Waals surface area contributed by atoms with Crippen LogP contribution in [0, 0.1) is 5.92 Å². The summed E-state index contributed by atoms with van der Waals surface area (Å²) >= 11 is 5.99. The fraction of sp³-hybridized carbons (Fsp3) is 0.632. The maximum atomic E-state index is 12.6. The lowest BCUT2D eigenvalue weighted by Gasteiger charge is -2.37. The Bertz CT molecular complexity index is 640. The highest BCUT2D eigenvalue weighted by Gasteiger charge is 2.24. The molecule has 1 saturated heterocycles. The second-order valence-corrected chi connectivity index (χ2v) is 7.33. The van der Waals surface area contributed by atoms with Crippen molar-refractivity contribution in [1.29, 1.82) is 0 Å². The second-order valence-electron chi connectivity index (χ2n) is 6.90. The summed E-state index contributed by atoms with van der Waals surface area (Å²) in [6.45, 7) is 5.78. The van der Waals surface area contributed by atoms with Crippen molar-refractivity contribution in [2.24, 2.45) is 10.9 Å². The van der Waals surface area contributed by atoms with Gasteiger partial charge >= 0.3 is 6.61 Å². The summed E-state index contributed by atoms with van der Waals surface area (Å²) in [4.78, 5) is 6.64. The minimum atomic E-state index is -2.89. The van der Waals surface area contributed by atoms with Gasteiger partial charge in [-0.05, 0) is 24.1 Å². The summed E-state index contributed by atoms with van der Waals surface area (Å²) in [5.41, 5.74) is 0.532. The van der Waals surface area contributed by atoms with E-state index in [1.54, 1.807) is 13.1 Å². The summed E-state index contributed by atoms with van der Waals surface area (Å²) in [6.07, 6.45) is 0. The first kappa shape index (κ1) is 22.6. The summed E-state index contributed by atoms with van der Waals surface area (Å²) < 4.78 is 35.2. The summed E-state index contributed by atoms with van der Waals surface area (Å²) in [5, 5.41) is 6.92. The van der Waals surface area contributed by atoms with E-state index in [0.29, 0.717) is 35.1 Å². The number of halogens is 3. The Hall–Kier alpha value is -1.64. The van der Waals surface area contributed by atoms with Gasteiger partial charge in [-0.3, -0.25) is 9.89 Å². The Morgan fingerprint density at radius 2 is 2.00 bits per heavy atom. The molecule has 2 rings (SSSR count). The van der Waals surface area contributed by atoms with E-state index in [-0.39, 0.29) is 12.3 Å². The number of ether oxygens (including phenoxy) is 2. The fourth-order valence-electron chi connectivity index (χ4n) is 3.19. The topological polar surface area (TPSA) is 58.1 Å². The van der Waals surface area contributed by atoms with E-state index >= 15 is 0 Å². The van der Waals surface area contributed by atoms with Crippen molar-refractivity contribution in [1.82, 2.24) is 15.5 Å². The lowest BCUT2D eigenvalue weighted by molar-refractivity contribution is -0.0504. The van der Waals surface area contributed by atoms with Crippen molar-refractivity contribution in [3.63, 3.8) is 0 Å². The predicted octanol–water partition coefficient (Wildman–Crippen LogP) is 2.96. The average molecular weight is 419 g/mol. The number of aliphatic imine (C=N–C) groups is 1. The zero-order valence-electron chi connectivity index (χ0n) is 16.6. The molecule has 1 heterocycles. The van der Waals surface area contributed by atoms with E-state index in [2.05, 4.69) is 39.1 Å². The molecule has 1 atom stereocenters. The van der Waals surface area contributed by atoms with Crippen LogP contribution in [-0.4, -0.2) is 63.4 Å². The average Bonchev–Trinajstić information content (AvgIpc) is 2.66. The van der Waals surface area contributed by atoms with Crippen molar-refractivity contribution in [3.05, 3.63) is 28.8 Å². The third-order valence-electron chi connectivity index (χ3n) is 4.67. The number of hydrogen-bond acceptors (Lipinski definition) is 4. The molecule has 0 spiro atoms. The normalized spacial score (nSPS) is 17.1. The van der Waals surface area contributed by atoms with E-state index in [1.165, 1.54) is 12.1 Å². The molecule has 1 aromatic carbocycles. The highest BCUT2D eigenvalue weighted by atomic mass is 35.5. The summed E-state index contributed by atoms with van der Waals surface area (Å²) in [5.74, 6) is 1.14. The van der Waals surface area contributed by atoms with Gasteiger partial charge < -0.3 is 20.1 Å². The van der Waals surface area contributed by atoms with Crippen molar-refractivity contribution in [2.45, 2.75) is 33.0 Å². The third kappa shape index (κ3) is 7.07. The highest BCUT2D eigenvalue weighted by molar-refractivity contribution is 6.30. The van der Waals surface area contributed by atoms with Crippen molar-refractivity contribution in [2.75, 3.05) is 39.9 Å². The molecule has 0 aliphatic carbocycles. The van der Waals surface area contributed by atoms with Crippen LogP contribution in [0.15, 0.2) is 23.2 Å². The first-order valence-electron chi connectivity index (χ1n) is 9.40. The van der Waals surface area contributed by atoms with Gasteiger partial charge in [-0.2, -0.15) is 8.78 Å². The minimum Gasteiger partial charge on any atom is -0.434 e. The van der Waals surface area contributed by atoms with Crippen LogP contribution in [-0.2, 0) is 11.3 Å². The molecule has 0 saturated carbocycles. The molecule has 0 aromatic heterocycles. The standard InChI is InChI=1S/C19H29ClF2N4O2/c1-13(2)16(26-6-8-27-9-7-26)12-25-19(23-3)24-11-14-10-15(20)4-5-17(14)28-18(21)22/h4-5,10,13,16,18H,6-9,11-12H2,1-3H3,(H2,23,24,25). The molecule has 158 valence electrons. The summed E-state index contributed by atoms with van der Waals surface area (Å²) in [7, 11) is 1.67. The van der Waals surface area contributed by atoms with Crippen LogP contribution in [0.4, 0.5) is 8.78 Å². The molecule has 0 radical (unpaired) electrons. The molecule has 2 N–H and O–H groups in total. The number of morpholine rings is 1. The molecule has 0 amide bonds. The van der Waals surface area contributed by atoms with Crippen LogP contribution < -0.4 is 15.4 Å². The largest absolute Gasteiger partial charge is 0.434 e. The van der Waals surface area contributed by atoms with E-state index in [4.69, 9.17) is 16.3 Å². The van der Waals surface area contributed by atoms with Gasteiger partial charge in [0, 0.05) is 49.9 Å². The van der Waals surface area contributed by atoms with Gasteiger partial charge in [-0.15, -0.1) is 0 Å². The van der Waals surface area contributed by atoms with Crippen LogP contribution in [0.1, 0.15) is 19.4 Å². The second kappa shape index (κ2) is 11.4. The minimum absolute atomic E-state index is 0.0933. The van der Waals surface area contributed by atoms with Gasteiger partial charge in [0.1, 0.15) is 5.75 Å². The fourth-order valence-corrected chi connectivity index (χ4v) is 3.39. The molecule has 1 aliphatic rings. The van der Waals surface area contributed by atoms with Gasteiger partial charge in [0.2, 0.25) is 0 Å². The molecular weight excluding hydrogens is 390 g/mol. The smallest absolute Gasteiger partial charge is 0.387 e. The van der Waals surface area contributed by atoms with Gasteiger partial charge in [-0.25, -0.2) is 0 Å². The van der Waals surface area contributed by atoms with Crippen molar-refractivity contribution in [3.8, 4) is 5.75 Å². The van der Waals surface area contributed by atoms with Crippen LogP contribution in [0.3, 0.4) is 0 Å². The number of hydrogen-bond donors (Lipinski definition) is 2. The number of nitrogens with zero attached hydrogens (tertiary/aromatic N) is 2. The predicted molar refractivity (Wildman–Crippen MR) is 107 cm³/mol. The number of rotatable bonds is 8. The molecule has 1 unspecified atom stereocenters. The maximum Gasteiger partial charge on any atom is 0.387 e. The molecule has 9 heteroatoms. The lowest BCUT2D eigenvalue weighted by atomic mass is 10.0. The molecule has 0 bridgehead atoms. The number of benzene rings is 1. The molecule has 1 aliphatic heterocycles. The molecule has 28 heavy (non-hydrogen) atoms. The number of alkyl halides is 2. The van der Waals surface area contributed by atoms with Crippen LogP contribution in [0.5, 0.6) is 5.75 Å². The van der Waals surface area contributed by atoms with E-state index in [0.717, 1.165) is 26.3 Å². The quantitative estimate of drug-likeness (QED) is 0.502. The van der Waals surface area contributed by atoms with Crippen LogP contribution >= 0.6 is 11.6 Å². The van der Waals surface area contributed by atoms with Crippen LogP contribution in [0.2, 0.25) is 5.02 Å². The summed E-state index contributed by atoms with van der Waals surface area (Å²) in [6, 6.07) is 4.90. The first-order chi connectivity index (χ1) is 13.4. The van der Waals surface area contributed by atoms with Gasteiger partial charge in [-0.1, -0.05) is 25.4 Å². The molecular formula is C19H29ClF2N4O2. The molecule has 6 nitrogen and oxygen atoms in total. The first-order valence-corrected chi connectivity index (χ1v) is 9.78. The van der Waals surface area contributed by atoms with Crippen LogP contribution in [0.25, 0.3) is 0 Å². The maximum absolute atomic E-state index is 12.6. The van der Waals surface area contributed by atoms with Gasteiger partial charge in [0.15, 0.2) is 5.96 Å². The number of nitrogens with one attached hydrogen (secondary N) is 2.